The SMILES string of the molecule is Cc1nnc(CN2CCN(S(=O)(=O)c3ccc(C)s3)CC2)o1. The predicted molar refractivity (Wildman–Crippen MR) is 82.1 cm³/mol. The van der Waals surface area contributed by atoms with E-state index in [4.69, 9.17) is 4.42 Å². The molecule has 0 saturated carbocycles. The number of hydrogen-bond acceptors (Lipinski definition) is 7. The molecule has 0 aromatic carbocycles. The molecule has 0 radical (unpaired) electrons. The Bertz CT molecular complexity index is 745. The average Bonchev–Trinajstić information content (AvgIpc) is 3.09. The third kappa shape index (κ3) is 3.22. The quantitative estimate of drug-likeness (QED) is 0.832. The van der Waals surface area contributed by atoms with Crippen LogP contribution in [0.5, 0.6) is 0 Å². The molecule has 120 valence electrons. The molecule has 2 aromatic rings. The normalized spacial score (nSPS) is 17.9. The van der Waals surface area contributed by atoms with Gasteiger partial charge in [-0.15, -0.1) is 21.5 Å². The van der Waals surface area contributed by atoms with E-state index in [9.17, 15) is 8.42 Å². The van der Waals surface area contributed by atoms with Crippen LogP contribution in [0, 0.1) is 13.8 Å². The van der Waals surface area contributed by atoms with Crippen molar-refractivity contribution in [3.05, 3.63) is 28.8 Å². The molecule has 0 unspecified atom stereocenters. The fraction of sp³-hybridized carbons (Fsp3) is 0.538. The second-order valence-electron chi connectivity index (χ2n) is 5.26. The lowest BCUT2D eigenvalue weighted by Crippen LogP contribution is -2.48. The lowest BCUT2D eigenvalue weighted by atomic mass is 10.3. The highest BCUT2D eigenvalue weighted by Crippen LogP contribution is 2.25. The van der Waals surface area contributed by atoms with Crippen molar-refractivity contribution in [3.63, 3.8) is 0 Å². The van der Waals surface area contributed by atoms with Crippen molar-refractivity contribution < 1.29 is 12.8 Å². The first-order chi connectivity index (χ1) is 10.4. The minimum atomic E-state index is -3.36. The van der Waals surface area contributed by atoms with Gasteiger partial charge in [-0.2, -0.15) is 4.31 Å². The summed E-state index contributed by atoms with van der Waals surface area (Å²) >= 11 is 1.32. The maximum atomic E-state index is 12.5. The molecule has 0 spiro atoms. The smallest absolute Gasteiger partial charge is 0.252 e. The average molecular weight is 342 g/mol. The Labute approximate surface area is 133 Å². The van der Waals surface area contributed by atoms with E-state index < -0.39 is 10.0 Å². The first kappa shape index (κ1) is 15.6. The number of hydrogen-bond donors (Lipinski definition) is 0. The van der Waals surface area contributed by atoms with Gasteiger partial charge in [-0.3, -0.25) is 4.90 Å². The molecule has 0 bridgehead atoms. The minimum Gasteiger partial charge on any atom is -0.424 e. The van der Waals surface area contributed by atoms with Crippen LogP contribution in [-0.2, 0) is 16.6 Å². The van der Waals surface area contributed by atoms with Gasteiger partial charge in [0.1, 0.15) is 4.21 Å². The van der Waals surface area contributed by atoms with Crippen LogP contribution in [0.4, 0.5) is 0 Å². The number of sulfonamides is 1. The van der Waals surface area contributed by atoms with E-state index in [1.54, 1.807) is 17.3 Å². The van der Waals surface area contributed by atoms with Gasteiger partial charge < -0.3 is 4.42 Å². The van der Waals surface area contributed by atoms with E-state index in [2.05, 4.69) is 15.1 Å². The van der Waals surface area contributed by atoms with Gasteiger partial charge in [-0.25, -0.2) is 8.42 Å². The highest BCUT2D eigenvalue weighted by molar-refractivity contribution is 7.91. The Kier molecular flexibility index (Phi) is 4.31. The van der Waals surface area contributed by atoms with Crippen molar-refractivity contribution in [2.45, 2.75) is 24.6 Å². The van der Waals surface area contributed by atoms with Gasteiger partial charge in [-0.1, -0.05) is 0 Å². The van der Waals surface area contributed by atoms with Crippen molar-refractivity contribution in [2.75, 3.05) is 26.2 Å². The summed E-state index contributed by atoms with van der Waals surface area (Å²) < 4.78 is 32.4. The van der Waals surface area contributed by atoms with Crippen LogP contribution in [0.15, 0.2) is 20.8 Å². The zero-order valence-corrected chi connectivity index (χ0v) is 14.2. The van der Waals surface area contributed by atoms with Gasteiger partial charge >= 0.3 is 0 Å². The van der Waals surface area contributed by atoms with Crippen LogP contribution in [0.3, 0.4) is 0 Å². The molecular weight excluding hydrogens is 324 g/mol. The van der Waals surface area contributed by atoms with Crippen molar-refractivity contribution >= 4 is 21.4 Å². The van der Waals surface area contributed by atoms with Crippen molar-refractivity contribution in [2.24, 2.45) is 0 Å². The summed E-state index contributed by atoms with van der Waals surface area (Å²) in [5, 5.41) is 7.77. The first-order valence-corrected chi connectivity index (χ1v) is 9.29. The summed E-state index contributed by atoms with van der Waals surface area (Å²) in [6.45, 7) is 6.50. The Balaban J connectivity index is 1.61. The van der Waals surface area contributed by atoms with Crippen molar-refractivity contribution in [1.29, 1.82) is 0 Å². The molecule has 9 heteroatoms. The van der Waals surface area contributed by atoms with Crippen LogP contribution < -0.4 is 0 Å². The largest absolute Gasteiger partial charge is 0.424 e. The summed E-state index contributed by atoms with van der Waals surface area (Å²) in [6.07, 6.45) is 0. The summed E-state index contributed by atoms with van der Waals surface area (Å²) in [4.78, 5) is 3.13. The molecule has 0 amide bonds. The van der Waals surface area contributed by atoms with Gasteiger partial charge in [-0.05, 0) is 19.1 Å². The van der Waals surface area contributed by atoms with Crippen LogP contribution in [-0.4, -0.2) is 54.0 Å². The molecule has 0 aliphatic carbocycles. The summed E-state index contributed by atoms with van der Waals surface area (Å²) in [5.74, 6) is 1.12. The van der Waals surface area contributed by atoms with Crippen LogP contribution in [0.1, 0.15) is 16.7 Å². The Morgan fingerprint density at radius 1 is 1.18 bits per heavy atom. The maximum Gasteiger partial charge on any atom is 0.252 e. The molecular formula is C13H18N4O3S2. The van der Waals surface area contributed by atoms with E-state index in [1.165, 1.54) is 11.3 Å². The third-order valence-corrected chi connectivity index (χ3v) is 6.93. The number of nitrogens with zero attached hydrogens (tertiary/aromatic N) is 4. The Hall–Kier alpha value is -1.29. The fourth-order valence-corrected chi connectivity index (χ4v) is 5.26. The number of thiophene rings is 1. The molecule has 0 atom stereocenters. The van der Waals surface area contributed by atoms with Gasteiger partial charge in [0, 0.05) is 38.0 Å². The Morgan fingerprint density at radius 3 is 2.45 bits per heavy atom. The highest BCUT2D eigenvalue weighted by atomic mass is 32.2. The zero-order valence-electron chi connectivity index (χ0n) is 12.5. The number of rotatable bonds is 4. The molecule has 7 nitrogen and oxygen atoms in total. The summed E-state index contributed by atoms with van der Waals surface area (Å²) in [7, 11) is -3.36. The molecule has 2 aromatic heterocycles. The van der Waals surface area contributed by atoms with Gasteiger partial charge in [0.05, 0.1) is 6.54 Å². The van der Waals surface area contributed by atoms with Crippen LogP contribution in [0.2, 0.25) is 0 Å². The molecule has 22 heavy (non-hydrogen) atoms. The van der Waals surface area contributed by atoms with E-state index in [0.717, 1.165) is 4.88 Å². The van der Waals surface area contributed by atoms with E-state index in [0.29, 0.717) is 48.7 Å². The maximum absolute atomic E-state index is 12.5. The van der Waals surface area contributed by atoms with Crippen LogP contribution in [0.25, 0.3) is 0 Å². The predicted octanol–water partition coefficient (Wildman–Crippen LogP) is 1.25. The van der Waals surface area contributed by atoms with E-state index >= 15 is 0 Å². The van der Waals surface area contributed by atoms with Crippen LogP contribution >= 0.6 is 11.3 Å². The standard InChI is InChI=1S/C13H18N4O3S2/c1-10-3-4-13(21-10)22(18,19)17-7-5-16(6-8-17)9-12-15-14-11(2)20-12/h3-4H,5-9H2,1-2H3. The van der Waals surface area contributed by atoms with Gasteiger partial charge in [0.2, 0.25) is 11.8 Å². The lowest BCUT2D eigenvalue weighted by molar-refractivity contribution is 0.168. The molecule has 1 aliphatic heterocycles. The zero-order chi connectivity index (χ0) is 15.7. The topological polar surface area (TPSA) is 79.5 Å². The molecule has 1 saturated heterocycles. The number of aryl methyl sites for hydroxylation is 2. The third-order valence-electron chi connectivity index (χ3n) is 3.57. The second kappa shape index (κ2) is 6.07. The molecule has 1 fully saturated rings. The molecule has 3 rings (SSSR count). The summed E-state index contributed by atoms with van der Waals surface area (Å²) in [5.41, 5.74) is 0. The molecule has 0 N–H and O–H groups in total. The Morgan fingerprint density at radius 2 is 1.91 bits per heavy atom. The highest BCUT2D eigenvalue weighted by Gasteiger charge is 2.29. The van der Waals surface area contributed by atoms with Gasteiger partial charge in [0.15, 0.2) is 0 Å². The molecule has 1 aliphatic rings. The van der Waals surface area contributed by atoms with Gasteiger partial charge in [0.25, 0.3) is 10.0 Å². The first-order valence-electron chi connectivity index (χ1n) is 7.03. The fourth-order valence-electron chi connectivity index (χ4n) is 2.40. The monoisotopic (exact) mass is 342 g/mol. The van der Waals surface area contributed by atoms with Crippen molar-refractivity contribution in [1.82, 2.24) is 19.4 Å². The van der Waals surface area contributed by atoms with E-state index in [-0.39, 0.29) is 0 Å². The lowest BCUT2D eigenvalue weighted by Gasteiger charge is -2.32. The number of aromatic nitrogens is 2. The van der Waals surface area contributed by atoms with Crippen molar-refractivity contribution in [3.8, 4) is 0 Å². The number of piperazine rings is 1. The summed E-state index contributed by atoms with van der Waals surface area (Å²) in [6, 6.07) is 3.52. The second-order valence-corrected chi connectivity index (χ2v) is 8.71. The molecule has 3 heterocycles. The minimum absolute atomic E-state index is 0.422. The van der Waals surface area contributed by atoms with E-state index in [1.807, 2.05) is 13.0 Å².